The fourth-order valence-corrected chi connectivity index (χ4v) is 1.56. The van der Waals surface area contributed by atoms with Crippen LogP contribution in [0, 0.1) is 3.57 Å². The minimum absolute atomic E-state index is 0.504. The Hall–Kier alpha value is -0.750. The lowest BCUT2D eigenvalue weighted by Crippen LogP contribution is -1.98. The molecule has 0 spiro atoms. The summed E-state index contributed by atoms with van der Waals surface area (Å²) in [4.78, 5) is 12.4. The third kappa shape index (κ3) is 2.85. The van der Waals surface area contributed by atoms with Crippen molar-refractivity contribution in [2.75, 3.05) is 0 Å². The molecule has 0 N–H and O–H groups in total. The largest absolute Gasteiger partial charge is 0.264 e. The monoisotopic (exact) mass is 331 g/mol. The highest BCUT2D eigenvalue weighted by atomic mass is 127. The second-order valence-electron chi connectivity index (χ2n) is 2.96. The first-order valence-corrected chi connectivity index (χ1v) is 5.77. The predicted molar refractivity (Wildman–Crippen MR) is 66.8 cm³/mol. The third-order valence-electron chi connectivity index (χ3n) is 1.84. The molecule has 2 rings (SSSR count). The van der Waals surface area contributed by atoms with E-state index in [1.807, 2.05) is 12.1 Å². The number of nitrogens with zero attached hydrogens (tertiary/aromatic N) is 3. The fourth-order valence-electron chi connectivity index (χ4n) is 1.15. The molecular weight excluding hydrogens is 324 g/mol. The molecule has 0 unspecified atom stereocenters. The lowest BCUT2D eigenvalue weighted by molar-refractivity contribution is 0.955. The van der Waals surface area contributed by atoms with Crippen LogP contribution in [0.2, 0.25) is 5.15 Å². The van der Waals surface area contributed by atoms with Gasteiger partial charge >= 0.3 is 0 Å². The van der Waals surface area contributed by atoms with E-state index in [1.165, 1.54) is 0 Å². The van der Waals surface area contributed by atoms with Gasteiger partial charge in [0.1, 0.15) is 11.0 Å². The summed E-state index contributed by atoms with van der Waals surface area (Å²) in [6.45, 7) is 0. The van der Waals surface area contributed by atoms with Gasteiger partial charge < -0.3 is 0 Å². The van der Waals surface area contributed by atoms with Gasteiger partial charge in [-0.25, -0.2) is 9.97 Å². The molecule has 0 fully saturated rings. The molecule has 0 bridgehead atoms. The van der Waals surface area contributed by atoms with E-state index in [0.29, 0.717) is 17.4 Å². The van der Waals surface area contributed by atoms with E-state index in [2.05, 4.69) is 37.5 Å². The highest BCUT2D eigenvalue weighted by Crippen LogP contribution is 2.15. The highest BCUT2D eigenvalue weighted by Gasteiger charge is 2.03. The zero-order valence-corrected chi connectivity index (χ0v) is 10.6. The van der Waals surface area contributed by atoms with Crippen molar-refractivity contribution in [3.8, 4) is 0 Å². The van der Waals surface area contributed by atoms with Gasteiger partial charge in [0.15, 0.2) is 0 Å². The second-order valence-corrected chi connectivity index (χ2v) is 4.48. The van der Waals surface area contributed by atoms with Crippen LogP contribution in [0.15, 0.2) is 30.7 Å². The lowest BCUT2D eigenvalue weighted by Gasteiger charge is -2.01. The van der Waals surface area contributed by atoms with Crippen molar-refractivity contribution in [2.24, 2.45) is 0 Å². The highest BCUT2D eigenvalue weighted by molar-refractivity contribution is 14.1. The summed E-state index contributed by atoms with van der Waals surface area (Å²) >= 11 is 8.01. The number of hydrogen-bond acceptors (Lipinski definition) is 3. The number of hydrogen-bond donors (Lipinski definition) is 0. The molecule has 0 amide bonds. The number of pyridine rings is 1. The van der Waals surface area contributed by atoms with Crippen molar-refractivity contribution in [1.29, 1.82) is 0 Å². The van der Waals surface area contributed by atoms with Gasteiger partial charge in [0.2, 0.25) is 0 Å². The first kappa shape index (κ1) is 10.8. The number of aromatic nitrogens is 3. The zero-order chi connectivity index (χ0) is 10.7. The van der Waals surface area contributed by atoms with E-state index in [1.54, 1.807) is 18.6 Å². The van der Waals surface area contributed by atoms with Crippen molar-refractivity contribution in [3.05, 3.63) is 50.8 Å². The molecule has 0 radical (unpaired) electrons. The topological polar surface area (TPSA) is 38.7 Å². The molecule has 5 heteroatoms. The molecule has 76 valence electrons. The molecule has 0 saturated carbocycles. The Kier molecular flexibility index (Phi) is 3.48. The molecule has 0 saturated heterocycles. The normalized spacial score (nSPS) is 10.3. The maximum absolute atomic E-state index is 5.91. The second kappa shape index (κ2) is 4.85. The molecule has 0 aliphatic carbocycles. The van der Waals surface area contributed by atoms with Crippen LogP contribution in [-0.2, 0) is 6.42 Å². The summed E-state index contributed by atoms with van der Waals surface area (Å²) in [6, 6.07) is 3.88. The van der Waals surface area contributed by atoms with Crippen molar-refractivity contribution >= 4 is 34.2 Å². The van der Waals surface area contributed by atoms with Crippen molar-refractivity contribution in [1.82, 2.24) is 15.0 Å². The molecule has 2 heterocycles. The van der Waals surface area contributed by atoms with Crippen LogP contribution in [0.4, 0.5) is 0 Å². The maximum atomic E-state index is 5.91. The Balaban J connectivity index is 2.22. The summed E-state index contributed by atoms with van der Waals surface area (Å²) in [7, 11) is 0. The number of rotatable bonds is 2. The smallest absolute Gasteiger partial charge is 0.146 e. The Morgan fingerprint density at radius 2 is 2.20 bits per heavy atom. The average Bonchev–Trinajstić information content (AvgIpc) is 2.25. The van der Waals surface area contributed by atoms with Crippen LogP contribution in [0.5, 0.6) is 0 Å². The van der Waals surface area contributed by atoms with E-state index in [9.17, 15) is 0 Å². The molecule has 0 aromatic carbocycles. The van der Waals surface area contributed by atoms with Gasteiger partial charge in [0.05, 0.1) is 3.57 Å². The van der Waals surface area contributed by atoms with Crippen LogP contribution in [0.1, 0.15) is 11.4 Å². The lowest BCUT2D eigenvalue weighted by atomic mass is 10.2. The number of halogens is 2. The average molecular weight is 332 g/mol. The Labute approximate surface area is 106 Å². The van der Waals surface area contributed by atoms with Crippen LogP contribution in [0.25, 0.3) is 0 Å². The molecule has 0 aliphatic heterocycles. The fraction of sp³-hybridized carbons (Fsp3) is 0.100. The van der Waals surface area contributed by atoms with Gasteiger partial charge in [-0.2, -0.15) is 0 Å². The van der Waals surface area contributed by atoms with Crippen molar-refractivity contribution < 1.29 is 0 Å². The molecule has 2 aromatic heterocycles. The molecule has 0 aliphatic rings. The Bertz CT molecular complexity index is 461. The predicted octanol–water partition coefficient (Wildman–Crippen LogP) is 2.72. The Morgan fingerprint density at radius 1 is 1.33 bits per heavy atom. The van der Waals surface area contributed by atoms with Crippen LogP contribution < -0.4 is 0 Å². The quantitative estimate of drug-likeness (QED) is 0.627. The van der Waals surface area contributed by atoms with Gasteiger partial charge in [-0.05, 0) is 34.2 Å². The first-order valence-electron chi connectivity index (χ1n) is 4.31. The van der Waals surface area contributed by atoms with Crippen LogP contribution >= 0.6 is 34.2 Å². The van der Waals surface area contributed by atoms with Gasteiger partial charge in [-0.15, -0.1) is 0 Å². The van der Waals surface area contributed by atoms with Crippen LogP contribution in [0.3, 0.4) is 0 Å². The van der Waals surface area contributed by atoms with Gasteiger partial charge in [-0.1, -0.05) is 17.7 Å². The molecule has 15 heavy (non-hydrogen) atoms. The van der Waals surface area contributed by atoms with Gasteiger partial charge in [-0.3, -0.25) is 4.98 Å². The Morgan fingerprint density at radius 3 is 2.87 bits per heavy atom. The zero-order valence-electron chi connectivity index (χ0n) is 7.69. The van der Waals surface area contributed by atoms with Crippen molar-refractivity contribution in [2.45, 2.75) is 6.42 Å². The van der Waals surface area contributed by atoms with E-state index < -0.39 is 0 Å². The summed E-state index contributed by atoms with van der Waals surface area (Å²) in [6.07, 6.45) is 5.92. The minimum Gasteiger partial charge on any atom is -0.264 e. The first-order chi connectivity index (χ1) is 7.25. The van der Waals surface area contributed by atoms with E-state index in [4.69, 9.17) is 11.6 Å². The van der Waals surface area contributed by atoms with Gasteiger partial charge in [0.25, 0.3) is 0 Å². The molecule has 0 atom stereocenters. The van der Waals surface area contributed by atoms with E-state index in [0.717, 1.165) is 9.13 Å². The third-order valence-corrected chi connectivity index (χ3v) is 3.23. The van der Waals surface area contributed by atoms with Crippen molar-refractivity contribution in [3.63, 3.8) is 0 Å². The molecule has 3 nitrogen and oxygen atoms in total. The van der Waals surface area contributed by atoms with E-state index >= 15 is 0 Å². The van der Waals surface area contributed by atoms with Gasteiger partial charge in [0, 0.05) is 25.0 Å². The summed E-state index contributed by atoms with van der Waals surface area (Å²) in [5, 5.41) is 0.504. The van der Waals surface area contributed by atoms with Crippen LogP contribution in [-0.4, -0.2) is 15.0 Å². The van der Waals surface area contributed by atoms with E-state index in [-0.39, 0.29) is 0 Å². The minimum atomic E-state index is 0.504. The molecular formula is C10H7ClIN3. The summed E-state index contributed by atoms with van der Waals surface area (Å²) < 4.78 is 0.865. The summed E-state index contributed by atoms with van der Waals surface area (Å²) in [5.41, 5.74) is 1.08. The maximum Gasteiger partial charge on any atom is 0.146 e. The standard InChI is InChI=1S/C10H7ClIN3/c11-10-8(12)6-14-9(15-10)4-7-2-1-3-13-5-7/h1-3,5-6H,4H2. The summed E-state index contributed by atoms with van der Waals surface area (Å²) in [5.74, 6) is 0.716. The SMILES string of the molecule is Clc1nc(Cc2cccnc2)ncc1I. The molecule has 2 aromatic rings.